The normalized spacial score (nSPS) is 17.0. The van der Waals surface area contributed by atoms with Gasteiger partial charge in [0.05, 0.1) is 0 Å². The third-order valence-corrected chi connectivity index (χ3v) is 5.20. The van der Waals surface area contributed by atoms with E-state index in [4.69, 9.17) is 0 Å². The van der Waals surface area contributed by atoms with Crippen molar-refractivity contribution in [2.24, 2.45) is 0 Å². The standard InChI is InChI=1S/C16H19FN2O3S2/c17-24(20,21)22-15-5-3-14(4-6-15)12-18-7-9-19(10-8-18)13-16-2-1-11-23-16/h1-6,11H,7-10,12-13H2. The van der Waals surface area contributed by atoms with E-state index < -0.39 is 10.5 Å². The summed E-state index contributed by atoms with van der Waals surface area (Å²) >= 11 is 1.79. The van der Waals surface area contributed by atoms with Crippen molar-refractivity contribution in [3.05, 3.63) is 52.2 Å². The summed E-state index contributed by atoms with van der Waals surface area (Å²) in [5, 5.41) is 2.10. The van der Waals surface area contributed by atoms with Crippen molar-refractivity contribution >= 4 is 21.8 Å². The number of hydrogen-bond donors (Lipinski definition) is 0. The average molecular weight is 370 g/mol. The van der Waals surface area contributed by atoms with E-state index in [1.54, 1.807) is 23.5 Å². The molecule has 1 aliphatic heterocycles. The fourth-order valence-electron chi connectivity index (χ4n) is 2.75. The van der Waals surface area contributed by atoms with Crippen molar-refractivity contribution in [3.63, 3.8) is 0 Å². The third-order valence-electron chi connectivity index (χ3n) is 3.95. The van der Waals surface area contributed by atoms with E-state index >= 15 is 0 Å². The van der Waals surface area contributed by atoms with Crippen LogP contribution in [-0.4, -0.2) is 44.4 Å². The Morgan fingerprint density at radius 2 is 1.62 bits per heavy atom. The molecule has 0 aliphatic carbocycles. The van der Waals surface area contributed by atoms with Gasteiger partial charge in [0.1, 0.15) is 5.75 Å². The van der Waals surface area contributed by atoms with E-state index in [1.807, 2.05) is 0 Å². The molecule has 0 N–H and O–H groups in total. The first-order valence-corrected chi connectivity index (χ1v) is 9.87. The van der Waals surface area contributed by atoms with Gasteiger partial charge in [-0.1, -0.05) is 22.1 Å². The van der Waals surface area contributed by atoms with Crippen LogP contribution in [0.5, 0.6) is 5.75 Å². The SMILES string of the molecule is O=S(=O)(F)Oc1ccc(CN2CCN(Cc3cccs3)CC2)cc1. The quantitative estimate of drug-likeness (QED) is 0.732. The molecule has 0 spiro atoms. The zero-order valence-electron chi connectivity index (χ0n) is 13.1. The molecule has 3 rings (SSSR count). The first-order chi connectivity index (χ1) is 11.5. The highest BCUT2D eigenvalue weighted by Crippen LogP contribution is 2.18. The summed E-state index contributed by atoms with van der Waals surface area (Å²) in [6.45, 7) is 5.83. The Kier molecular flexibility index (Phi) is 5.50. The molecule has 0 saturated carbocycles. The lowest BCUT2D eigenvalue weighted by molar-refractivity contribution is 0.123. The fraction of sp³-hybridized carbons (Fsp3) is 0.375. The van der Waals surface area contributed by atoms with Crippen LogP contribution in [0.2, 0.25) is 0 Å². The van der Waals surface area contributed by atoms with Crippen molar-refractivity contribution in [2.45, 2.75) is 13.1 Å². The van der Waals surface area contributed by atoms with Crippen LogP contribution in [0.3, 0.4) is 0 Å². The maximum atomic E-state index is 12.5. The van der Waals surface area contributed by atoms with Crippen LogP contribution in [0.25, 0.3) is 0 Å². The third kappa shape index (κ3) is 5.27. The van der Waals surface area contributed by atoms with Gasteiger partial charge in [0, 0.05) is 44.1 Å². The zero-order chi connectivity index (χ0) is 17.0. The average Bonchev–Trinajstić information content (AvgIpc) is 3.03. The van der Waals surface area contributed by atoms with Gasteiger partial charge in [-0.3, -0.25) is 9.80 Å². The molecule has 8 heteroatoms. The van der Waals surface area contributed by atoms with E-state index in [-0.39, 0.29) is 5.75 Å². The first-order valence-electron chi connectivity index (χ1n) is 7.68. The number of rotatable bonds is 6. The smallest absolute Gasteiger partial charge is 0.358 e. The molecule has 0 bridgehead atoms. The second-order valence-electron chi connectivity index (χ2n) is 5.75. The second-order valence-corrected chi connectivity index (χ2v) is 7.74. The van der Waals surface area contributed by atoms with Crippen molar-refractivity contribution in [1.29, 1.82) is 0 Å². The predicted molar refractivity (Wildman–Crippen MR) is 92.0 cm³/mol. The van der Waals surface area contributed by atoms with Gasteiger partial charge < -0.3 is 4.18 Å². The maximum Gasteiger partial charge on any atom is 0.488 e. The summed E-state index contributed by atoms with van der Waals surface area (Å²) < 4.78 is 37.5. The molecule has 2 heterocycles. The second kappa shape index (κ2) is 7.60. The number of hydrogen-bond acceptors (Lipinski definition) is 6. The van der Waals surface area contributed by atoms with Crippen molar-refractivity contribution in [2.75, 3.05) is 26.2 Å². The number of piperazine rings is 1. The van der Waals surface area contributed by atoms with Gasteiger partial charge in [-0.15, -0.1) is 11.3 Å². The van der Waals surface area contributed by atoms with Gasteiger partial charge in [0.15, 0.2) is 0 Å². The summed E-state index contributed by atoms with van der Waals surface area (Å²) in [4.78, 5) is 6.19. The molecule has 1 saturated heterocycles. The highest BCUT2D eigenvalue weighted by atomic mass is 32.3. The predicted octanol–water partition coefficient (Wildman–Crippen LogP) is 2.66. The van der Waals surface area contributed by atoms with Crippen LogP contribution in [0.1, 0.15) is 10.4 Å². The minimum atomic E-state index is -4.96. The lowest BCUT2D eigenvalue weighted by atomic mass is 10.2. The highest BCUT2D eigenvalue weighted by molar-refractivity contribution is 7.81. The summed E-state index contributed by atoms with van der Waals surface area (Å²) in [6.07, 6.45) is 0. The zero-order valence-corrected chi connectivity index (χ0v) is 14.7. The van der Waals surface area contributed by atoms with Crippen molar-refractivity contribution in [3.8, 4) is 5.75 Å². The lowest BCUT2D eigenvalue weighted by Gasteiger charge is -2.34. The van der Waals surface area contributed by atoms with Crippen molar-refractivity contribution < 1.29 is 16.5 Å². The Hall–Kier alpha value is -1.48. The number of halogens is 1. The lowest BCUT2D eigenvalue weighted by Crippen LogP contribution is -2.45. The Morgan fingerprint density at radius 1 is 1.00 bits per heavy atom. The maximum absolute atomic E-state index is 12.5. The number of thiophene rings is 1. The van der Waals surface area contributed by atoms with Gasteiger partial charge in [-0.05, 0) is 29.1 Å². The van der Waals surface area contributed by atoms with Gasteiger partial charge in [0.25, 0.3) is 0 Å². The molecule has 0 atom stereocenters. The molecule has 0 unspecified atom stereocenters. The van der Waals surface area contributed by atoms with E-state index in [2.05, 4.69) is 31.5 Å². The Balaban J connectivity index is 1.47. The van der Waals surface area contributed by atoms with Gasteiger partial charge >= 0.3 is 10.5 Å². The Labute approximate surface area is 145 Å². The molecule has 5 nitrogen and oxygen atoms in total. The topological polar surface area (TPSA) is 49.9 Å². The molecule has 2 aromatic rings. The fourth-order valence-corrected chi connectivity index (χ4v) is 3.84. The van der Waals surface area contributed by atoms with Crippen LogP contribution >= 0.6 is 11.3 Å². The van der Waals surface area contributed by atoms with Crippen LogP contribution in [0.15, 0.2) is 41.8 Å². The molecule has 1 aliphatic rings. The van der Waals surface area contributed by atoms with Gasteiger partial charge in [0.2, 0.25) is 0 Å². The minimum absolute atomic E-state index is 0.0120. The molecule has 130 valence electrons. The number of nitrogens with zero attached hydrogens (tertiary/aromatic N) is 2. The van der Waals surface area contributed by atoms with E-state index in [0.29, 0.717) is 0 Å². The van der Waals surface area contributed by atoms with Crippen LogP contribution in [0, 0.1) is 0 Å². The molecule has 0 amide bonds. The summed E-state index contributed by atoms with van der Waals surface area (Å²) in [5.41, 5.74) is 1.05. The molecular weight excluding hydrogens is 351 g/mol. The van der Waals surface area contributed by atoms with Gasteiger partial charge in [-0.25, -0.2) is 0 Å². The largest absolute Gasteiger partial charge is 0.488 e. The summed E-state index contributed by atoms with van der Waals surface area (Å²) in [7, 11) is -4.96. The minimum Gasteiger partial charge on any atom is -0.358 e. The number of benzene rings is 1. The summed E-state index contributed by atoms with van der Waals surface area (Å²) in [6, 6.07) is 10.7. The monoisotopic (exact) mass is 370 g/mol. The van der Waals surface area contributed by atoms with Crippen molar-refractivity contribution in [1.82, 2.24) is 9.80 Å². The van der Waals surface area contributed by atoms with Gasteiger partial charge in [-0.2, -0.15) is 8.42 Å². The van der Waals surface area contributed by atoms with E-state index in [0.717, 1.165) is 44.8 Å². The van der Waals surface area contributed by atoms with E-state index in [1.165, 1.54) is 17.0 Å². The molecule has 0 radical (unpaired) electrons. The molecular formula is C16H19FN2O3S2. The van der Waals surface area contributed by atoms with Crippen LogP contribution < -0.4 is 4.18 Å². The molecule has 1 fully saturated rings. The Bertz CT molecular complexity index is 740. The van der Waals surface area contributed by atoms with Crippen LogP contribution in [0.4, 0.5) is 3.89 Å². The highest BCUT2D eigenvalue weighted by Gasteiger charge is 2.17. The molecule has 1 aromatic heterocycles. The first kappa shape index (κ1) is 17.3. The molecule has 1 aromatic carbocycles. The summed E-state index contributed by atoms with van der Waals surface area (Å²) in [5.74, 6) is -0.0120. The Morgan fingerprint density at radius 3 is 2.17 bits per heavy atom. The molecule has 24 heavy (non-hydrogen) atoms. The van der Waals surface area contributed by atoms with Crippen LogP contribution in [-0.2, 0) is 23.6 Å². The van der Waals surface area contributed by atoms with E-state index in [9.17, 15) is 12.3 Å².